The molecule has 0 radical (unpaired) electrons. The van der Waals surface area contributed by atoms with Crippen LogP contribution in [0.15, 0.2) is 53.7 Å². The van der Waals surface area contributed by atoms with E-state index < -0.39 is 0 Å². The number of Topliss-reactive ketones (excluding diaryl/α,β-unsaturated/α-hetero) is 1. The number of amides is 1. The average Bonchev–Trinajstić information content (AvgIpc) is 3.09. The first-order valence-electron chi connectivity index (χ1n) is 8.90. The molecule has 2 aromatic heterocycles. The topological polar surface area (TPSA) is 76.4 Å². The first kappa shape index (κ1) is 19.4. The molecule has 1 amide bonds. The molecule has 2 heterocycles. The molecule has 146 valence electrons. The van der Waals surface area contributed by atoms with Crippen LogP contribution in [0.4, 0.5) is 5.69 Å². The van der Waals surface area contributed by atoms with Crippen molar-refractivity contribution in [1.82, 2.24) is 14.6 Å². The third kappa shape index (κ3) is 3.97. The zero-order valence-electron chi connectivity index (χ0n) is 15.8. The Morgan fingerprint density at radius 2 is 1.86 bits per heavy atom. The van der Waals surface area contributed by atoms with Crippen LogP contribution in [0.3, 0.4) is 0 Å². The number of fused-ring (bicyclic) bond motifs is 3. The van der Waals surface area contributed by atoms with Crippen LogP contribution in [0.25, 0.3) is 16.6 Å². The number of hydrogen-bond donors (Lipinski definition) is 1. The lowest BCUT2D eigenvalue weighted by atomic mass is 10.1. The SMILES string of the molecule is CC(=O)Nc1ccc(C(=O)CSc2nnc3cc(C)c4cc(Cl)ccc4n23)cc1. The summed E-state index contributed by atoms with van der Waals surface area (Å²) in [5.41, 5.74) is 3.98. The number of thioether (sulfide) groups is 1. The monoisotopic (exact) mass is 424 g/mol. The van der Waals surface area contributed by atoms with Gasteiger partial charge in [-0.1, -0.05) is 23.4 Å². The number of carbonyl (C=O) groups excluding carboxylic acids is 2. The molecular weight excluding hydrogens is 408 g/mol. The minimum Gasteiger partial charge on any atom is -0.326 e. The van der Waals surface area contributed by atoms with Crippen molar-refractivity contribution in [2.24, 2.45) is 0 Å². The Bertz CT molecular complexity index is 1250. The quantitative estimate of drug-likeness (QED) is 0.368. The van der Waals surface area contributed by atoms with Gasteiger partial charge in [-0.3, -0.25) is 14.0 Å². The van der Waals surface area contributed by atoms with Gasteiger partial charge in [-0.2, -0.15) is 0 Å². The first-order valence-corrected chi connectivity index (χ1v) is 10.3. The predicted molar refractivity (Wildman–Crippen MR) is 116 cm³/mol. The van der Waals surface area contributed by atoms with E-state index in [0.29, 0.717) is 21.4 Å². The number of nitrogens with zero attached hydrogens (tertiary/aromatic N) is 3. The Hall–Kier alpha value is -2.90. The second kappa shape index (κ2) is 7.85. The number of ketones is 1. The molecule has 4 aromatic rings. The number of benzene rings is 2. The van der Waals surface area contributed by atoms with Gasteiger partial charge in [-0.15, -0.1) is 10.2 Å². The highest BCUT2D eigenvalue weighted by Crippen LogP contribution is 2.28. The lowest BCUT2D eigenvalue weighted by molar-refractivity contribution is -0.114. The van der Waals surface area contributed by atoms with Crippen LogP contribution in [-0.4, -0.2) is 32.0 Å². The fourth-order valence-electron chi connectivity index (χ4n) is 3.14. The minimum atomic E-state index is -0.151. The van der Waals surface area contributed by atoms with Crippen molar-refractivity contribution in [2.45, 2.75) is 19.0 Å². The lowest BCUT2D eigenvalue weighted by Gasteiger charge is -2.08. The van der Waals surface area contributed by atoms with Crippen LogP contribution in [0.1, 0.15) is 22.8 Å². The molecule has 0 aliphatic heterocycles. The molecule has 0 atom stereocenters. The number of aryl methyl sites for hydroxylation is 1. The molecule has 0 spiro atoms. The molecule has 0 aliphatic rings. The molecular formula is C21H17ClN4O2S. The average molecular weight is 425 g/mol. The van der Waals surface area contributed by atoms with Crippen LogP contribution in [-0.2, 0) is 4.79 Å². The molecule has 29 heavy (non-hydrogen) atoms. The van der Waals surface area contributed by atoms with Gasteiger partial charge in [-0.05, 0) is 61.0 Å². The van der Waals surface area contributed by atoms with Gasteiger partial charge in [-0.25, -0.2) is 0 Å². The summed E-state index contributed by atoms with van der Waals surface area (Å²) < 4.78 is 1.94. The number of hydrogen-bond acceptors (Lipinski definition) is 5. The molecule has 1 N–H and O–H groups in total. The van der Waals surface area contributed by atoms with E-state index in [4.69, 9.17) is 11.6 Å². The molecule has 0 saturated carbocycles. The summed E-state index contributed by atoms with van der Waals surface area (Å²) >= 11 is 7.49. The summed E-state index contributed by atoms with van der Waals surface area (Å²) in [7, 11) is 0. The van der Waals surface area contributed by atoms with Crippen LogP contribution in [0.2, 0.25) is 5.02 Å². The second-order valence-corrected chi connectivity index (χ2v) is 8.01. The highest BCUT2D eigenvalue weighted by atomic mass is 35.5. The summed E-state index contributed by atoms with van der Waals surface area (Å²) in [4.78, 5) is 23.7. The number of rotatable bonds is 5. The van der Waals surface area contributed by atoms with Gasteiger partial charge in [0.05, 0.1) is 11.3 Å². The molecule has 2 aromatic carbocycles. The molecule has 0 aliphatic carbocycles. The summed E-state index contributed by atoms with van der Waals surface area (Å²) in [6.07, 6.45) is 0. The van der Waals surface area contributed by atoms with Crippen LogP contribution < -0.4 is 5.32 Å². The number of anilines is 1. The Labute approximate surface area is 176 Å². The standard InChI is InChI=1S/C21H17ClN4O2S/c1-12-9-20-24-25-21(26(20)18-8-5-15(22)10-17(12)18)29-11-19(28)14-3-6-16(7-4-14)23-13(2)27/h3-10H,11H2,1-2H3,(H,23,27). The number of nitrogens with one attached hydrogen (secondary N) is 1. The molecule has 6 nitrogen and oxygen atoms in total. The highest BCUT2D eigenvalue weighted by molar-refractivity contribution is 7.99. The van der Waals surface area contributed by atoms with Crippen molar-refractivity contribution in [3.8, 4) is 0 Å². The van der Waals surface area contributed by atoms with E-state index in [2.05, 4.69) is 15.5 Å². The van der Waals surface area contributed by atoms with Crippen molar-refractivity contribution in [3.63, 3.8) is 0 Å². The summed E-state index contributed by atoms with van der Waals surface area (Å²) in [5, 5.41) is 13.5. The third-order valence-electron chi connectivity index (χ3n) is 4.49. The van der Waals surface area contributed by atoms with E-state index in [-0.39, 0.29) is 17.4 Å². The van der Waals surface area contributed by atoms with Crippen molar-refractivity contribution in [2.75, 3.05) is 11.1 Å². The zero-order chi connectivity index (χ0) is 20.5. The molecule has 0 bridgehead atoms. The van der Waals surface area contributed by atoms with Crippen molar-refractivity contribution in [1.29, 1.82) is 0 Å². The fourth-order valence-corrected chi connectivity index (χ4v) is 4.16. The summed E-state index contributed by atoms with van der Waals surface area (Å²) in [6.45, 7) is 3.45. The predicted octanol–water partition coefficient (Wildman–Crippen LogP) is 4.78. The number of aromatic nitrogens is 3. The van der Waals surface area contributed by atoms with E-state index in [1.165, 1.54) is 18.7 Å². The maximum absolute atomic E-state index is 12.6. The Morgan fingerprint density at radius 3 is 2.59 bits per heavy atom. The van der Waals surface area contributed by atoms with Gasteiger partial charge in [0.15, 0.2) is 16.6 Å². The van der Waals surface area contributed by atoms with E-state index in [1.807, 2.05) is 35.6 Å². The minimum absolute atomic E-state index is 0.0272. The Kier molecular flexibility index (Phi) is 5.25. The molecule has 0 fully saturated rings. The van der Waals surface area contributed by atoms with Gasteiger partial charge in [0.25, 0.3) is 0 Å². The van der Waals surface area contributed by atoms with E-state index >= 15 is 0 Å². The maximum atomic E-state index is 12.6. The molecule has 4 rings (SSSR count). The Balaban J connectivity index is 1.58. The fraction of sp³-hybridized carbons (Fsp3) is 0.143. The normalized spacial score (nSPS) is 11.1. The highest BCUT2D eigenvalue weighted by Gasteiger charge is 2.14. The van der Waals surface area contributed by atoms with Gasteiger partial charge >= 0.3 is 0 Å². The summed E-state index contributed by atoms with van der Waals surface area (Å²) in [5.74, 6) is 0.0473. The van der Waals surface area contributed by atoms with Crippen LogP contribution in [0, 0.1) is 6.92 Å². The van der Waals surface area contributed by atoms with Crippen molar-refractivity contribution < 1.29 is 9.59 Å². The number of carbonyl (C=O) groups is 2. The largest absolute Gasteiger partial charge is 0.326 e. The van der Waals surface area contributed by atoms with Gasteiger partial charge in [0, 0.05) is 28.6 Å². The number of halogens is 1. The number of pyridine rings is 1. The molecule has 0 saturated heterocycles. The Morgan fingerprint density at radius 1 is 1.10 bits per heavy atom. The van der Waals surface area contributed by atoms with E-state index in [9.17, 15) is 9.59 Å². The van der Waals surface area contributed by atoms with Crippen molar-refractivity contribution >= 4 is 57.3 Å². The molecule has 8 heteroatoms. The van der Waals surface area contributed by atoms with Crippen molar-refractivity contribution in [3.05, 3.63) is 64.7 Å². The van der Waals surface area contributed by atoms with E-state index in [1.54, 1.807) is 24.3 Å². The zero-order valence-corrected chi connectivity index (χ0v) is 17.3. The second-order valence-electron chi connectivity index (χ2n) is 6.64. The third-order valence-corrected chi connectivity index (χ3v) is 5.65. The maximum Gasteiger partial charge on any atom is 0.221 e. The molecule has 0 unspecified atom stereocenters. The van der Waals surface area contributed by atoms with Gasteiger partial charge in [0.1, 0.15) is 0 Å². The van der Waals surface area contributed by atoms with Gasteiger partial charge in [0.2, 0.25) is 5.91 Å². The summed E-state index contributed by atoms with van der Waals surface area (Å²) in [6, 6.07) is 14.5. The van der Waals surface area contributed by atoms with E-state index in [0.717, 1.165) is 22.1 Å². The van der Waals surface area contributed by atoms with Gasteiger partial charge < -0.3 is 5.32 Å². The van der Waals surface area contributed by atoms with Crippen LogP contribution in [0.5, 0.6) is 0 Å². The lowest BCUT2D eigenvalue weighted by Crippen LogP contribution is -2.07. The van der Waals surface area contributed by atoms with Crippen LogP contribution >= 0.6 is 23.4 Å². The first-order chi connectivity index (χ1) is 13.9. The smallest absolute Gasteiger partial charge is 0.221 e.